The van der Waals surface area contributed by atoms with Crippen molar-refractivity contribution < 1.29 is 9.53 Å². The second-order valence-corrected chi connectivity index (χ2v) is 6.31. The van der Waals surface area contributed by atoms with Crippen molar-refractivity contribution >= 4 is 21.8 Å². The molecular formula is C16H22BrNO2. The molecule has 0 aliphatic heterocycles. The molecule has 2 rings (SSSR count). The van der Waals surface area contributed by atoms with Crippen LogP contribution in [0.15, 0.2) is 22.7 Å². The Hall–Kier alpha value is -1.03. The van der Waals surface area contributed by atoms with Crippen LogP contribution in [-0.4, -0.2) is 19.1 Å². The maximum atomic E-state index is 12.3. The average molecular weight is 340 g/mol. The number of ether oxygens (including phenoxy) is 1. The number of halogens is 1. The molecule has 20 heavy (non-hydrogen) atoms. The Morgan fingerprint density at radius 2 is 2.25 bits per heavy atom. The van der Waals surface area contributed by atoms with Crippen LogP contribution in [0.25, 0.3) is 0 Å². The van der Waals surface area contributed by atoms with E-state index in [1.807, 2.05) is 12.1 Å². The first-order valence-corrected chi connectivity index (χ1v) is 8.07. The van der Waals surface area contributed by atoms with E-state index in [1.54, 1.807) is 13.2 Å². The molecule has 1 N–H and O–H groups in total. The van der Waals surface area contributed by atoms with Gasteiger partial charge in [0.15, 0.2) is 0 Å². The van der Waals surface area contributed by atoms with E-state index < -0.39 is 0 Å². The van der Waals surface area contributed by atoms with Crippen LogP contribution < -0.4 is 10.1 Å². The molecule has 1 aromatic rings. The molecule has 1 fully saturated rings. The van der Waals surface area contributed by atoms with Crippen molar-refractivity contribution in [3.05, 3.63) is 28.2 Å². The van der Waals surface area contributed by atoms with Gasteiger partial charge in [-0.2, -0.15) is 0 Å². The molecule has 0 aromatic heterocycles. The van der Waals surface area contributed by atoms with Crippen LogP contribution in [-0.2, 0) is 0 Å². The maximum absolute atomic E-state index is 12.3. The van der Waals surface area contributed by atoms with Crippen molar-refractivity contribution in [3.8, 4) is 5.75 Å². The number of benzene rings is 1. The fourth-order valence-corrected chi connectivity index (χ4v) is 3.41. The lowest BCUT2D eigenvalue weighted by molar-refractivity contribution is 0.0919. The van der Waals surface area contributed by atoms with E-state index >= 15 is 0 Å². The number of hydrogen-bond donors (Lipinski definition) is 1. The third-order valence-corrected chi connectivity index (χ3v) is 4.73. The first-order valence-electron chi connectivity index (χ1n) is 7.28. The van der Waals surface area contributed by atoms with E-state index in [4.69, 9.17) is 4.74 Å². The first-order chi connectivity index (χ1) is 9.63. The highest BCUT2D eigenvalue weighted by Gasteiger charge is 2.22. The second-order valence-electron chi connectivity index (χ2n) is 5.46. The molecule has 4 heteroatoms. The minimum absolute atomic E-state index is 0.00936. The summed E-state index contributed by atoms with van der Waals surface area (Å²) in [6, 6.07) is 5.75. The highest BCUT2D eigenvalue weighted by molar-refractivity contribution is 9.10. The minimum Gasteiger partial charge on any atom is -0.496 e. The topological polar surface area (TPSA) is 38.3 Å². The summed E-state index contributed by atoms with van der Waals surface area (Å²) in [6.45, 7) is 2.23. The third kappa shape index (κ3) is 3.75. The van der Waals surface area contributed by atoms with Gasteiger partial charge in [-0.15, -0.1) is 0 Å². The molecule has 2 unspecified atom stereocenters. The number of rotatable bonds is 4. The summed E-state index contributed by atoms with van der Waals surface area (Å²) in [5, 5.41) is 3.16. The quantitative estimate of drug-likeness (QED) is 0.894. The van der Waals surface area contributed by atoms with E-state index in [-0.39, 0.29) is 5.91 Å². The Morgan fingerprint density at radius 3 is 2.90 bits per heavy atom. The zero-order valence-corrected chi connectivity index (χ0v) is 13.7. The molecule has 1 saturated carbocycles. The van der Waals surface area contributed by atoms with Crippen molar-refractivity contribution in [1.29, 1.82) is 0 Å². The summed E-state index contributed by atoms with van der Waals surface area (Å²) in [5.74, 6) is 1.51. The number of amides is 1. The molecule has 1 aromatic carbocycles. The number of carbonyl (C=O) groups excluding carboxylic acids is 1. The normalized spacial score (nSPS) is 22.4. The summed E-state index contributed by atoms with van der Waals surface area (Å²) in [4.78, 5) is 12.3. The van der Waals surface area contributed by atoms with E-state index in [0.29, 0.717) is 11.6 Å². The fraction of sp³-hybridized carbons (Fsp3) is 0.562. The number of methoxy groups -OCH3 is 1. The van der Waals surface area contributed by atoms with Gasteiger partial charge in [0, 0.05) is 11.6 Å². The highest BCUT2D eigenvalue weighted by atomic mass is 79.9. The van der Waals surface area contributed by atoms with Crippen LogP contribution in [0.1, 0.15) is 49.4 Å². The van der Waals surface area contributed by atoms with Crippen LogP contribution in [0.4, 0.5) is 0 Å². The van der Waals surface area contributed by atoms with Gasteiger partial charge in [-0.3, -0.25) is 4.79 Å². The molecule has 1 aliphatic rings. The number of carbonyl (C=O) groups is 1. The van der Waals surface area contributed by atoms with Crippen molar-refractivity contribution in [2.75, 3.05) is 7.11 Å². The van der Waals surface area contributed by atoms with Gasteiger partial charge >= 0.3 is 0 Å². The molecule has 0 radical (unpaired) electrons. The zero-order chi connectivity index (χ0) is 14.5. The molecule has 110 valence electrons. The predicted molar refractivity (Wildman–Crippen MR) is 84.2 cm³/mol. The van der Waals surface area contributed by atoms with Gasteiger partial charge < -0.3 is 10.1 Å². The highest BCUT2D eigenvalue weighted by Crippen LogP contribution is 2.28. The van der Waals surface area contributed by atoms with Crippen LogP contribution in [0.2, 0.25) is 0 Å². The van der Waals surface area contributed by atoms with Crippen molar-refractivity contribution in [1.82, 2.24) is 5.32 Å². The number of nitrogens with one attached hydrogen (secondary N) is 1. The molecule has 2 atom stereocenters. The predicted octanol–water partition coefficient (Wildman–Crippen LogP) is 4.16. The SMILES string of the molecule is CCC1CCCC(NC(=O)c2ccc(OC)c(Br)c2)C1. The molecular weight excluding hydrogens is 318 g/mol. The summed E-state index contributed by atoms with van der Waals surface area (Å²) in [6.07, 6.45) is 5.94. The van der Waals surface area contributed by atoms with Crippen LogP contribution >= 0.6 is 15.9 Å². The van der Waals surface area contributed by atoms with Crippen molar-refractivity contribution in [3.63, 3.8) is 0 Å². The summed E-state index contributed by atoms with van der Waals surface area (Å²) >= 11 is 3.42. The Kier molecular flexibility index (Phi) is 5.46. The lowest BCUT2D eigenvalue weighted by Gasteiger charge is -2.29. The van der Waals surface area contributed by atoms with E-state index in [0.717, 1.165) is 29.0 Å². The minimum atomic E-state index is 0.00936. The molecule has 0 heterocycles. The van der Waals surface area contributed by atoms with Gasteiger partial charge in [-0.1, -0.05) is 26.2 Å². The fourth-order valence-electron chi connectivity index (χ4n) is 2.87. The molecule has 1 aliphatic carbocycles. The van der Waals surface area contributed by atoms with Gasteiger partial charge in [0.1, 0.15) is 5.75 Å². The van der Waals surface area contributed by atoms with E-state index in [9.17, 15) is 4.79 Å². The lowest BCUT2D eigenvalue weighted by atomic mass is 9.84. The van der Waals surface area contributed by atoms with Crippen molar-refractivity contribution in [2.45, 2.75) is 45.1 Å². The van der Waals surface area contributed by atoms with Gasteiger partial charge in [0.05, 0.1) is 11.6 Å². The summed E-state index contributed by atoms with van der Waals surface area (Å²) in [7, 11) is 1.62. The van der Waals surface area contributed by atoms with Crippen LogP contribution in [0, 0.1) is 5.92 Å². The van der Waals surface area contributed by atoms with E-state index in [2.05, 4.69) is 28.2 Å². The van der Waals surface area contributed by atoms with Crippen LogP contribution in [0.5, 0.6) is 5.75 Å². The van der Waals surface area contributed by atoms with Gasteiger partial charge in [-0.05, 0) is 52.9 Å². The lowest BCUT2D eigenvalue weighted by Crippen LogP contribution is -2.38. The second kappa shape index (κ2) is 7.11. The van der Waals surface area contributed by atoms with Crippen molar-refractivity contribution in [2.24, 2.45) is 5.92 Å². The van der Waals surface area contributed by atoms with Crippen LogP contribution in [0.3, 0.4) is 0 Å². The van der Waals surface area contributed by atoms with Gasteiger partial charge in [0.25, 0.3) is 5.91 Å². The average Bonchev–Trinajstić information content (AvgIpc) is 2.47. The first kappa shape index (κ1) is 15.4. The largest absolute Gasteiger partial charge is 0.496 e. The molecule has 0 spiro atoms. The Morgan fingerprint density at radius 1 is 1.45 bits per heavy atom. The number of hydrogen-bond acceptors (Lipinski definition) is 2. The molecule has 0 saturated heterocycles. The third-order valence-electron chi connectivity index (χ3n) is 4.11. The Bertz CT molecular complexity index is 476. The van der Waals surface area contributed by atoms with Gasteiger partial charge in [-0.25, -0.2) is 0 Å². The standard InChI is InChI=1S/C16H22BrNO2/c1-3-11-5-4-6-13(9-11)18-16(19)12-7-8-15(20-2)14(17)10-12/h7-8,10-11,13H,3-6,9H2,1-2H3,(H,18,19). The Balaban J connectivity index is 1.99. The Labute approximate surface area is 129 Å². The summed E-state index contributed by atoms with van der Waals surface area (Å²) in [5.41, 5.74) is 0.677. The molecule has 0 bridgehead atoms. The smallest absolute Gasteiger partial charge is 0.251 e. The monoisotopic (exact) mass is 339 g/mol. The maximum Gasteiger partial charge on any atom is 0.251 e. The van der Waals surface area contributed by atoms with E-state index in [1.165, 1.54) is 19.3 Å². The van der Waals surface area contributed by atoms with Gasteiger partial charge in [0.2, 0.25) is 0 Å². The summed E-state index contributed by atoms with van der Waals surface area (Å²) < 4.78 is 5.99. The molecule has 1 amide bonds. The molecule has 3 nitrogen and oxygen atoms in total. The zero-order valence-electron chi connectivity index (χ0n) is 12.1.